The molecule has 0 bridgehead atoms. The number of likely N-dealkylation sites (tertiary alicyclic amines) is 1. The minimum absolute atomic E-state index is 0.0977. The average Bonchev–Trinajstić information content (AvgIpc) is 3.41. The minimum Gasteiger partial charge on any atom is -0.507 e. The number of aliphatic hydroxyl groups is 1. The third kappa shape index (κ3) is 4.24. The number of nitrogens with one attached hydrogen (secondary N) is 1. The summed E-state index contributed by atoms with van der Waals surface area (Å²) in [5, 5.41) is 12.8. The topological polar surface area (TPSA) is 73.4 Å². The van der Waals surface area contributed by atoms with Crippen LogP contribution in [0.5, 0.6) is 0 Å². The lowest BCUT2D eigenvalue weighted by Gasteiger charge is -2.25. The number of nitrogens with zero attached hydrogens (tertiary/aromatic N) is 1. The largest absolute Gasteiger partial charge is 0.507 e. The molecule has 0 spiro atoms. The molecule has 0 saturated carbocycles. The lowest BCUT2D eigenvalue weighted by Crippen LogP contribution is -2.31. The summed E-state index contributed by atoms with van der Waals surface area (Å²) >= 11 is 6.01. The first-order valence-electron chi connectivity index (χ1n) is 11.7. The Morgan fingerprint density at radius 2 is 1.71 bits per heavy atom. The molecule has 1 aliphatic rings. The van der Waals surface area contributed by atoms with E-state index >= 15 is 0 Å². The molecule has 1 aromatic heterocycles. The van der Waals surface area contributed by atoms with Crippen LogP contribution in [0.3, 0.4) is 0 Å². The van der Waals surface area contributed by atoms with Crippen molar-refractivity contribution < 1.29 is 14.7 Å². The number of ketones is 1. The first-order chi connectivity index (χ1) is 17.0. The maximum atomic E-state index is 13.2. The van der Waals surface area contributed by atoms with E-state index in [1.807, 2.05) is 54.7 Å². The summed E-state index contributed by atoms with van der Waals surface area (Å²) in [6.45, 7) is 2.41. The zero-order valence-electron chi connectivity index (χ0n) is 19.3. The van der Waals surface area contributed by atoms with E-state index < -0.39 is 17.7 Å². The van der Waals surface area contributed by atoms with Crippen LogP contribution in [0.25, 0.3) is 16.7 Å². The van der Waals surface area contributed by atoms with Crippen molar-refractivity contribution in [2.24, 2.45) is 0 Å². The van der Waals surface area contributed by atoms with Crippen LogP contribution in [0, 0.1) is 0 Å². The van der Waals surface area contributed by atoms with E-state index in [9.17, 15) is 14.7 Å². The monoisotopic (exact) mass is 484 g/mol. The van der Waals surface area contributed by atoms with Crippen LogP contribution in [-0.2, 0) is 22.4 Å². The fraction of sp³-hybridized carbons (Fsp3) is 0.172. The normalized spacial score (nSPS) is 17.4. The summed E-state index contributed by atoms with van der Waals surface area (Å²) in [4.78, 5) is 31.3. The number of benzene rings is 3. The fourth-order valence-corrected chi connectivity index (χ4v) is 4.86. The molecule has 35 heavy (non-hydrogen) atoms. The molecule has 2 N–H and O–H groups in total. The van der Waals surface area contributed by atoms with Gasteiger partial charge in [-0.2, -0.15) is 0 Å². The van der Waals surface area contributed by atoms with Gasteiger partial charge in [0.05, 0.1) is 11.6 Å². The van der Waals surface area contributed by atoms with E-state index in [0.29, 0.717) is 23.6 Å². The summed E-state index contributed by atoms with van der Waals surface area (Å²) in [5.74, 6) is -1.48. The maximum absolute atomic E-state index is 13.2. The number of H-pyrrole nitrogens is 1. The van der Waals surface area contributed by atoms with Crippen LogP contribution in [0.1, 0.15) is 35.2 Å². The number of Topliss-reactive ketones (excluding diaryl/α,β-unsaturated/α-hetero) is 1. The molecule has 3 aromatic carbocycles. The highest BCUT2D eigenvalue weighted by Gasteiger charge is 2.45. The van der Waals surface area contributed by atoms with Gasteiger partial charge in [-0.25, -0.2) is 0 Å². The van der Waals surface area contributed by atoms with Crippen molar-refractivity contribution in [1.29, 1.82) is 0 Å². The first-order valence-corrected chi connectivity index (χ1v) is 12.0. The van der Waals surface area contributed by atoms with Gasteiger partial charge in [0.25, 0.3) is 11.7 Å². The molecule has 176 valence electrons. The summed E-state index contributed by atoms with van der Waals surface area (Å²) in [5.41, 5.74) is 4.58. The highest BCUT2D eigenvalue weighted by Crippen LogP contribution is 2.39. The molecular weight excluding hydrogens is 460 g/mol. The Labute approximate surface area is 208 Å². The van der Waals surface area contributed by atoms with Crippen molar-refractivity contribution in [3.63, 3.8) is 0 Å². The van der Waals surface area contributed by atoms with Crippen LogP contribution >= 0.6 is 11.6 Å². The van der Waals surface area contributed by atoms with Gasteiger partial charge in [-0.15, -0.1) is 0 Å². The Morgan fingerprint density at radius 3 is 2.43 bits per heavy atom. The van der Waals surface area contributed by atoms with Crippen molar-refractivity contribution >= 4 is 40.0 Å². The van der Waals surface area contributed by atoms with Gasteiger partial charge in [0, 0.05) is 34.2 Å². The second-order valence-electron chi connectivity index (χ2n) is 8.70. The van der Waals surface area contributed by atoms with Crippen molar-refractivity contribution in [2.45, 2.75) is 25.8 Å². The highest BCUT2D eigenvalue weighted by molar-refractivity contribution is 6.46. The number of carbonyl (C=O) groups is 2. The van der Waals surface area contributed by atoms with Crippen LogP contribution < -0.4 is 0 Å². The number of aromatic nitrogens is 1. The van der Waals surface area contributed by atoms with E-state index in [-0.39, 0.29) is 11.3 Å². The van der Waals surface area contributed by atoms with Crippen molar-refractivity contribution in [3.05, 3.63) is 112 Å². The summed E-state index contributed by atoms with van der Waals surface area (Å²) in [6.07, 6.45) is 3.40. The summed E-state index contributed by atoms with van der Waals surface area (Å²) in [7, 11) is 0. The highest BCUT2D eigenvalue weighted by atomic mass is 35.5. The number of halogens is 1. The van der Waals surface area contributed by atoms with Gasteiger partial charge in [-0.05, 0) is 59.9 Å². The van der Waals surface area contributed by atoms with Gasteiger partial charge in [-0.1, -0.05) is 61.0 Å². The third-order valence-electron chi connectivity index (χ3n) is 6.66. The second kappa shape index (κ2) is 9.43. The van der Waals surface area contributed by atoms with E-state index in [2.05, 4.69) is 11.9 Å². The Balaban J connectivity index is 1.56. The quantitative estimate of drug-likeness (QED) is 0.199. The number of aryl methyl sites for hydroxylation is 1. The Bertz CT molecular complexity index is 1440. The van der Waals surface area contributed by atoms with E-state index in [4.69, 9.17) is 11.6 Å². The molecule has 0 radical (unpaired) electrons. The fourth-order valence-electron chi connectivity index (χ4n) is 4.74. The minimum atomic E-state index is -0.680. The molecule has 1 atom stereocenters. The van der Waals surface area contributed by atoms with Gasteiger partial charge in [-0.3, -0.25) is 9.59 Å². The Morgan fingerprint density at radius 1 is 1.00 bits per heavy atom. The number of hydrogen-bond donors (Lipinski definition) is 2. The standard InChI is InChI=1S/C29H25ClN2O3/c1-2-18-7-9-19(10-8-18)26-25(27(33)20-11-13-22(30)14-12-20)28(34)29(35)32(26)16-15-21-17-31-24-6-4-3-5-23(21)24/h3-14,17,26,31,33H,2,15-16H2,1H3/t26-/m1/s1. The van der Waals surface area contributed by atoms with Crippen molar-refractivity contribution in [3.8, 4) is 0 Å². The Kier molecular flexibility index (Phi) is 6.18. The summed E-state index contributed by atoms with van der Waals surface area (Å²) in [6, 6.07) is 21.8. The lowest BCUT2D eigenvalue weighted by atomic mass is 9.94. The smallest absolute Gasteiger partial charge is 0.295 e. The van der Waals surface area contributed by atoms with Gasteiger partial charge in [0.15, 0.2) is 0 Å². The number of carbonyl (C=O) groups excluding carboxylic acids is 2. The number of aromatic amines is 1. The zero-order valence-corrected chi connectivity index (χ0v) is 20.0. The lowest BCUT2D eigenvalue weighted by molar-refractivity contribution is -0.139. The molecule has 1 fully saturated rings. The third-order valence-corrected chi connectivity index (χ3v) is 6.91. The molecule has 0 unspecified atom stereocenters. The van der Waals surface area contributed by atoms with Crippen molar-refractivity contribution in [1.82, 2.24) is 9.88 Å². The SMILES string of the molecule is CCc1ccc([C@@H]2C(=C(O)c3ccc(Cl)cc3)C(=O)C(=O)N2CCc2c[nH]c3ccccc23)cc1. The molecule has 2 heterocycles. The molecule has 0 aliphatic carbocycles. The van der Waals surface area contributed by atoms with E-state index in [1.165, 1.54) is 0 Å². The molecule has 1 amide bonds. The van der Waals surface area contributed by atoms with Gasteiger partial charge < -0.3 is 15.0 Å². The molecule has 6 heteroatoms. The van der Waals surface area contributed by atoms with E-state index in [1.54, 1.807) is 29.2 Å². The first kappa shape index (κ1) is 22.9. The predicted octanol–water partition coefficient (Wildman–Crippen LogP) is 6.05. The van der Waals surface area contributed by atoms with E-state index in [0.717, 1.165) is 34.0 Å². The molecule has 5 nitrogen and oxygen atoms in total. The summed E-state index contributed by atoms with van der Waals surface area (Å²) < 4.78 is 0. The number of fused-ring (bicyclic) bond motifs is 1. The van der Waals surface area contributed by atoms with Crippen LogP contribution in [0.2, 0.25) is 5.02 Å². The second-order valence-corrected chi connectivity index (χ2v) is 9.14. The maximum Gasteiger partial charge on any atom is 0.295 e. The van der Waals surface area contributed by atoms with Crippen LogP contribution in [0.15, 0.2) is 84.6 Å². The van der Waals surface area contributed by atoms with Crippen LogP contribution in [0.4, 0.5) is 0 Å². The number of para-hydroxylation sites is 1. The molecule has 5 rings (SSSR count). The predicted molar refractivity (Wildman–Crippen MR) is 138 cm³/mol. The van der Waals surface area contributed by atoms with Crippen molar-refractivity contribution in [2.75, 3.05) is 6.54 Å². The van der Waals surface area contributed by atoms with Gasteiger partial charge in [0.2, 0.25) is 0 Å². The number of hydrogen-bond acceptors (Lipinski definition) is 3. The Hall–Kier alpha value is -3.83. The van der Waals surface area contributed by atoms with Gasteiger partial charge in [0.1, 0.15) is 5.76 Å². The molecule has 4 aromatic rings. The number of amides is 1. The number of aliphatic hydroxyl groups excluding tert-OH is 1. The zero-order chi connectivity index (χ0) is 24.5. The average molecular weight is 485 g/mol. The molecule has 1 aliphatic heterocycles. The molecule has 1 saturated heterocycles. The van der Waals surface area contributed by atoms with Gasteiger partial charge >= 0.3 is 0 Å². The molecular formula is C29H25ClN2O3. The number of rotatable bonds is 6. The van der Waals surface area contributed by atoms with Crippen LogP contribution in [-0.4, -0.2) is 33.2 Å².